The molecule has 4 saturated heterocycles. The van der Waals surface area contributed by atoms with Crippen LogP contribution in [0.15, 0.2) is 65.8 Å². The van der Waals surface area contributed by atoms with E-state index in [9.17, 15) is 32.0 Å². The number of piperidine rings is 2. The van der Waals surface area contributed by atoms with E-state index in [-0.39, 0.29) is 48.1 Å². The maximum absolute atomic E-state index is 15.8. The molecule has 1 aromatic heterocycles. The molecule has 67 heavy (non-hydrogen) atoms. The number of hydrogen-bond acceptors (Lipinski definition) is 10. The number of aromatic nitrogens is 1. The summed E-state index contributed by atoms with van der Waals surface area (Å²) in [6.45, 7) is 11.7. The molecular weight excluding hydrogens is 888 g/mol. The van der Waals surface area contributed by atoms with Gasteiger partial charge in [0, 0.05) is 106 Å². The van der Waals surface area contributed by atoms with E-state index in [4.69, 9.17) is 0 Å². The van der Waals surface area contributed by atoms with Crippen molar-refractivity contribution in [3.8, 4) is 0 Å². The first-order valence-electron chi connectivity index (χ1n) is 22.6. The molecule has 1 unspecified atom stereocenters. The van der Waals surface area contributed by atoms with Crippen molar-refractivity contribution in [2.75, 3.05) is 73.4 Å². The molecule has 0 aliphatic carbocycles. The van der Waals surface area contributed by atoms with Gasteiger partial charge in [0.25, 0.3) is 5.91 Å². The summed E-state index contributed by atoms with van der Waals surface area (Å²) in [6, 6.07) is 15.0. The maximum Gasteiger partial charge on any atom is 0.301 e. The third-order valence-corrected chi connectivity index (χ3v) is 15.2. The smallest absolute Gasteiger partial charge is 0.301 e. The lowest BCUT2D eigenvalue weighted by Gasteiger charge is -2.40. The highest BCUT2D eigenvalue weighted by molar-refractivity contribution is 7.90. The minimum absolute atomic E-state index is 0.00422. The number of piperazine rings is 1. The molecule has 9 rings (SSSR count). The van der Waals surface area contributed by atoms with Crippen LogP contribution < -0.4 is 19.8 Å². The third kappa shape index (κ3) is 9.36. The first-order valence-corrected chi connectivity index (χ1v) is 24.0. The van der Waals surface area contributed by atoms with Crippen molar-refractivity contribution < 1.29 is 40.8 Å². The second-order valence-corrected chi connectivity index (χ2v) is 19.6. The first kappa shape index (κ1) is 45.8. The summed E-state index contributed by atoms with van der Waals surface area (Å²) in [5.41, 5.74) is 3.82. The van der Waals surface area contributed by atoms with Crippen LogP contribution in [-0.2, 0) is 26.3 Å². The number of carbonyl (C=O) groups excluding carboxylic acids is 4. The number of hydrogen-bond donors (Lipinski definition) is 3. The molecule has 3 amide bonds. The van der Waals surface area contributed by atoms with Crippen LogP contribution in [0.4, 0.5) is 36.1 Å². The fraction of sp³-hybridized carbons (Fsp3) is 0.396. The van der Waals surface area contributed by atoms with Gasteiger partial charge in [-0.25, -0.2) is 18.2 Å². The van der Waals surface area contributed by atoms with Crippen LogP contribution >= 0.6 is 0 Å². The number of fused-ring (bicyclic) bond motifs is 1. The summed E-state index contributed by atoms with van der Waals surface area (Å²) in [4.78, 5) is 66.8. The fourth-order valence-electron chi connectivity index (χ4n) is 9.89. The number of amides is 3. The predicted octanol–water partition coefficient (Wildman–Crippen LogP) is 5.92. The van der Waals surface area contributed by atoms with Gasteiger partial charge < -0.3 is 19.7 Å². The average Bonchev–Trinajstić information content (AvgIpc) is 4.04. The SMILES string of the molecule is C=Nc1[nH]cc(C(=O)c2c(F)ccc(NS(=O)(=O)N3CC[C@@H](F)C3)c2F)c1/C=C(\C)c1ccc(N2CCN(CC3CCN(c4ccc5c(c4)CN(C4CCC(=O)NC4=O)C5=O)CC3)CC2)cc1. The molecule has 2 atom stereocenters. The van der Waals surface area contributed by atoms with Crippen molar-refractivity contribution >= 4 is 75.0 Å². The summed E-state index contributed by atoms with van der Waals surface area (Å²) in [5, 5.41) is 2.36. The molecule has 4 aromatic rings. The average molecular weight is 940 g/mol. The van der Waals surface area contributed by atoms with Crippen molar-refractivity contribution in [1.29, 1.82) is 0 Å². The Morgan fingerprint density at radius 3 is 2.31 bits per heavy atom. The van der Waals surface area contributed by atoms with Gasteiger partial charge in [-0.3, -0.25) is 34.1 Å². The number of benzene rings is 3. The van der Waals surface area contributed by atoms with Crippen LogP contribution in [0.5, 0.6) is 0 Å². The van der Waals surface area contributed by atoms with E-state index in [2.05, 4.69) is 42.8 Å². The topological polar surface area (TPSA) is 171 Å². The van der Waals surface area contributed by atoms with Crippen LogP contribution in [0.1, 0.15) is 82.0 Å². The number of imide groups is 1. The van der Waals surface area contributed by atoms with Crippen molar-refractivity contribution in [2.45, 2.75) is 57.8 Å². The molecule has 5 aliphatic rings. The number of aromatic amines is 1. The maximum atomic E-state index is 15.8. The van der Waals surface area contributed by atoms with Crippen LogP contribution in [0, 0.1) is 17.6 Å². The molecule has 352 valence electrons. The van der Waals surface area contributed by atoms with Gasteiger partial charge in [0.05, 0.1) is 11.3 Å². The summed E-state index contributed by atoms with van der Waals surface area (Å²) < 4.78 is 73.3. The Bertz CT molecular complexity index is 2770. The summed E-state index contributed by atoms with van der Waals surface area (Å²) in [6.07, 6.45) is 4.28. The van der Waals surface area contributed by atoms with E-state index < -0.39 is 63.5 Å². The number of alkyl halides is 1. The highest BCUT2D eigenvalue weighted by Crippen LogP contribution is 2.35. The zero-order valence-electron chi connectivity index (χ0n) is 37.1. The zero-order chi connectivity index (χ0) is 47.1. The number of nitrogens with zero attached hydrogens (tertiary/aromatic N) is 6. The van der Waals surface area contributed by atoms with Gasteiger partial charge in [-0.05, 0) is 110 Å². The Morgan fingerprint density at radius 2 is 1.63 bits per heavy atom. The molecule has 3 aromatic carbocycles. The third-order valence-electron chi connectivity index (χ3n) is 13.7. The Morgan fingerprint density at radius 1 is 0.910 bits per heavy atom. The molecule has 19 heteroatoms. The van der Waals surface area contributed by atoms with E-state index >= 15 is 8.78 Å². The molecule has 0 saturated carbocycles. The van der Waals surface area contributed by atoms with Crippen molar-refractivity contribution in [3.63, 3.8) is 0 Å². The van der Waals surface area contributed by atoms with Gasteiger partial charge in [-0.2, -0.15) is 12.7 Å². The van der Waals surface area contributed by atoms with Gasteiger partial charge in [-0.1, -0.05) is 12.1 Å². The Kier molecular flexibility index (Phi) is 12.8. The predicted molar refractivity (Wildman–Crippen MR) is 249 cm³/mol. The molecule has 5 aliphatic heterocycles. The van der Waals surface area contributed by atoms with Crippen molar-refractivity contribution in [2.24, 2.45) is 10.9 Å². The normalized spacial score (nSPS) is 21.2. The molecular formula is C48H52F3N9O6S. The monoisotopic (exact) mass is 939 g/mol. The van der Waals surface area contributed by atoms with E-state index in [1.54, 1.807) is 11.0 Å². The molecule has 6 heterocycles. The summed E-state index contributed by atoms with van der Waals surface area (Å²) >= 11 is 0. The highest BCUT2D eigenvalue weighted by atomic mass is 32.2. The number of nitrogens with one attached hydrogen (secondary N) is 3. The summed E-state index contributed by atoms with van der Waals surface area (Å²) in [7, 11) is -4.37. The quantitative estimate of drug-likeness (QED) is 0.0838. The van der Waals surface area contributed by atoms with Crippen molar-refractivity contribution in [1.82, 2.24) is 24.4 Å². The van der Waals surface area contributed by atoms with Crippen LogP contribution in [0.25, 0.3) is 11.6 Å². The van der Waals surface area contributed by atoms with Gasteiger partial charge in [0.2, 0.25) is 17.6 Å². The second kappa shape index (κ2) is 18.8. The van der Waals surface area contributed by atoms with Crippen LogP contribution in [0.2, 0.25) is 0 Å². The highest BCUT2D eigenvalue weighted by Gasteiger charge is 2.40. The number of halogens is 3. The van der Waals surface area contributed by atoms with E-state index in [0.29, 0.717) is 24.4 Å². The Hall–Kier alpha value is -6.31. The molecule has 0 spiro atoms. The Labute approximate surface area is 386 Å². The van der Waals surface area contributed by atoms with Gasteiger partial charge in [0.1, 0.15) is 23.8 Å². The minimum Gasteiger partial charge on any atom is -0.372 e. The largest absolute Gasteiger partial charge is 0.372 e. The summed E-state index contributed by atoms with van der Waals surface area (Å²) in [5.74, 6) is -3.73. The lowest BCUT2D eigenvalue weighted by Crippen LogP contribution is -2.52. The van der Waals surface area contributed by atoms with Gasteiger partial charge >= 0.3 is 10.2 Å². The molecule has 15 nitrogen and oxygen atoms in total. The Balaban J connectivity index is 0.782. The molecule has 4 fully saturated rings. The van der Waals surface area contributed by atoms with E-state index in [1.807, 2.05) is 48.0 Å². The number of anilines is 3. The number of carbonyl (C=O) groups is 4. The molecule has 0 radical (unpaired) electrons. The minimum atomic E-state index is -4.37. The van der Waals surface area contributed by atoms with Crippen LogP contribution in [-0.4, -0.2) is 129 Å². The number of ketones is 1. The van der Waals surface area contributed by atoms with Gasteiger partial charge in [0.15, 0.2) is 5.82 Å². The lowest BCUT2D eigenvalue weighted by atomic mass is 9.95. The molecule has 3 N–H and O–H groups in total. The van der Waals surface area contributed by atoms with Crippen molar-refractivity contribution in [3.05, 3.63) is 106 Å². The number of aliphatic imine (C=N–C) groups is 1. The number of H-pyrrole nitrogens is 1. The first-order chi connectivity index (χ1) is 32.2. The molecule has 0 bridgehead atoms. The lowest BCUT2D eigenvalue weighted by molar-refractivity contribution is -0.136. The van der Waals surface area contributed by atoms with E-state index in [0.717, 1.165) is 103 Å². The zero-order valence-corrected chi connectivity index (χ0v) is 37.9. The van der Waals surface area contributed by atoms with E-state index in [1.165, 1.54) is 6.20 Å². The number of rotatable bonds is 13. The van der Waals surface area contributed by atoms with Crippen LogP contribution in [0.3, 0.4) is 0 Å². The van der Waals surface area contributed by atoms with Gasteiger partial charge in [-0.15, -0.1) is 0 Å². The second-order valence-electron chi connectivity index (χ2n) is 17.9. The standard InChI is InChI=1S/C48H52F3N9O6S/c1-29(23-37-38(25-53-46(37)52-2)45(62)43-39(50)9-10-40(44(43)51)55-67(65,66)59-18-15-33(49)28-59)31-3-5-34(6-4-31)58-21-19-56(20-22-58)26-30-13-16-57(17-14-30)35-7-8-36-32(24-35)27-60(48(36)64)41-11-12-42(61)54-47(41)63/h3-10,23-25,30,33,41,53,55H,2,11-22,26-28H2,1H3,(H,54,61,63)/b29-23+/t33-,41?/m1/s1. The number of allylic oxidation sites excluding steroid dienone is 1. The fourth-order valence-corrected chi connectivity index (χ4v) is 11.2.